The fourth-order valence-corrected chi connectivity index (χ4v) is 2.59. The van der Waals surface area contributed by atoms with Gasteiger partial charge in [0.1, 0.15) is 5.82 Å². The molecule has 0 aliphatic carbocycles. The molecule has 2 rings (SSSR count). The standard InChI is InChI=1S/C13H14ClFO3/c1-8-13(12(16)17,5-6-18-8)7-9-3-2-4-10(15)11(9)14/h2-4,8H,5-7H2,1H3,(H,16,17). The van der Waals surface area contributed by atoms with Gasteiger partial charge in [-0.05, 0) is 31.4 Å². The van der Waals surface area contributed by atoms with Crippen LogP contribution < -0.4 is 0 Å². The summed E-state index contributed by atoms with van der Waals surface area (Å²) in [4.78, 5) is 11.5. The number of benzene rings is 1. The molecule has 1 heterocycles. The lowest BCUT2D eigenvalue weighted by Gasteiger charge is -2.27. The van der Waals surface area contributed by atoms with Crippen molar-refractivity contribution in [3.8, 4) is 0 Å². The molecule has 1 aliphatic rings. The number of halogens is 2. The van der Waals surface area contributed by atoms with Crippen LogP contribution in [0.25, 0.3) is 0 Å². The van der Waals surface area contributed by atoms with Gasteiger partial charge in [-0.3, -0.25) is 4.79 Å². The first-order chi connectivity index (χ1) is 8.47. The summed E-state index contributed by atoms with van der Waals surface area (Å²) in [6, 6.07) is 4.45. The van der Waals surface area contributed by atoms with E-state index >= 15 is 0 Å². The van der Waals surface area contributed by atoms with Crippen molar-refractivity contribution in [1.82, 2.24) is 0 Å². The van der Waals surface area contributed by atoms with Gasteiger partial charge in [0.05, 0.1) is 16.5 Å². The fraction of sp³-hybridized carbons (Fsp3) is 0.462. The van der Waals surface area contributed by atoms with Crippen LogP contribution in [0.15, 0.2) is 18.2 Å². The molecule has 98 valence electrons. The third-order valence-corrected chi connectivity index (χ3v) is 4.08. The molecule has 1 aromatic carbocycles. The molecule has 0 aromatic heterocycles. The second-order valence-electron chi connectivity index (χ2n) is 4.61. The van der Waals surface area contributed by atoms with E-state index in [1.54, 1.807) is 13.0 Å². The normalized spacial score (nSPS) is 27.4. The van der Waals surface area contributed by atoms with Crippen molar-refractivity contribution in [2.45, 2.75) is 25.9 Å². The first-order valence-electron chi connectivity index (χ1n) is 5.75. The van der Waals surface area contributed by atoms with Crippen LogP contribution in [0, 0.1) is 11.2 Å². The van der Waals surface area contributed by atoms with Crippen LogP contribution in [0.1, 0.15) is 18.9 Å². The topological polar surface area (TPSA) is 46.5 Å². The number of carbonyl (C=O) groups is 1. The van der Waals surface area contributed by atoms with Gasteiger partial charge in [0.2, 0.25) is 0 Å². The lowest BCUT2D eigenvalue weighted by molar-refractivity contribution is -0.151. The number of hydrogen-bond acceptors (Lipinski definition) is 2. The molecule has 0 spiro atoms. The van der Waals surface area contributed by atoms with Crippen molar-refractivity contribution in [3.05, 3.63) is 34.6 Å². The van der Waals surface area contributed by atoms with E-state index in [9.17, 15) is 14.3 Å². The predicted molar refractivity (Wildman–Crippen MR) is 65.2 cm³/mol. The maximum atomic E-state index is 13.4. The molecular formula is C13H14ClFO3. The minimum atomic E-state index is -1.02. The van der Waals surface area contributed by atoms with Gasteiger partial charge in [-0.2, -0.15) is 0 Å². The molecular weight excluding hydrogens is 259 g/mol. The highest BCUT2D eigenvalue weighted by molar-refractivity contribution is 6.31. The summed E-state index contributed by atoms with van der Waals surface area (Å²) >= 11 is 5.88. The number of ether oxygens (including phenoxy) is 1. The first-order valence-corrected chi connectivity index (χ1v) is 6.13. The Balaban J connectivity index is 2.36. The Morgan fingerprint density at radius 1 is 1.67 bits per heavy atom. The molecule has 5 heteroatoms. The van der Waals surface area contributed by atoms with Crippen LogP contribution >= 0.6 is 11.6 Å². The average Bonchev–Trinajstić information content (AvgIpc) is 2.68. The molecule has 18 heavy (non-hydrogen) atoms. The number of carboxylic acid groups (broad SMARTS) is 1. The summed E-state index contributed by atoms with van der Waals surface area (Å²) in [7, 11) is 0. The fourth-order valence-electron chi connectivity index (χ4n) is 2.39. The van der Waals surface area contributed by atoms with Crippen LogP contribution in [0.5, 0.6) is 0 Å². The van der Waals surface area contributed by atoms with Gasteiger partial charge in [0.15, 0.2) is 0 Å². The second-order valence-corrected chi connectivity index (χ2v) is 4.99. The van der Waals surface area contributed by atoms with E-state index in [1.807, 2.05) is 0 Å². The molecule has 1 aliphatic heterocycles. The molecule has 0 amide bonds. The summed E-state index contributed by atoms with van der Waals surface area (Å²) in [5, 5.41) is 9.44. The van der Waals surface area contributed by atoms with E-state index in [4.69, 9.17) is 16.3 Å². The summed E-state index contributed by atoms with van der Waals surface area (Å²) in [5.41, 5.74) is -0.506. The van der Waals surface area contributed by atoms with E-state index in [0.29, 0.717) is 18.6 Å². The quantitative estimate of drug-likeness (QED) is 0.920. The number of rotatable bonds is 3. The maximum absolute atomic E-state index is 13.4. The maximum Gasteiger partial charge on any atom is 0.312 e. The SMILES string of the molecule is CC1OCCC1(Cc1cccc(F)c1Cl)C(=O)O. The number of aliphatic carboxylic acids is 1. The van der Waals surface area contributed by atoms with Crippen LogP contribution in [0.3, 0.4) is 0 Å². The molecule has 2 atom stereocenters. The highest BCUT2D eigenvalue weighted by atomic mass is 35.5. The van der Waals surface area contributed by atoms with Crippen molar-refractivity contribution in [3.63, 3.8) is 0 Å². The molecule has 3 nitrogen and oxygen atoms in total. The van der Waals surface area contributed by atoms with Crippen LogP contribution in [-0.2, 0) is 16.0 Å². The lowest BCUT2D eigenvalue weighted by Crippen LogP contribution is -2.39. The predicted octanol–water partition coefficient (Wildman–Crippen LogP) is 2.90. The van der Waals surface area contributed by atoms with Crippen molar-refractivity contribution < 1.29 is 19.0 Å². The summed E-state index contributed by atoms with van der Waals surface area (Å²) in [6.07, 6.45) is 0.186. The Morgan fingerprint density at radius 2 is 2.39 bits per heavy atom. The van der Waals surface area contributed by atoms with Gasteiger partial charge >= 0.3 is 5.97 Å². The Bertz CT molecular complexity index is 477. The van der Waals surface area contributed by atoms with Crippen molar-refractivity contribution >= 4 is 17.6 Å². The number of hydrogen-bond donors (Lipinski definition) is 1. The Kier molecular flexibility index (Phi) is 3.59. The minimum Gasteiger partial charge on any atom is -0.481 e. The largest absolute Gasteiger partial charge is 0.481 e. The zero-order valence-electron chi connectivity index (χ0n) is 9.95. The van der Waals surface area contributed by atoms with E-state index in [0.717, 1.165) is 0 Å². The minimum absolute atomic E-state index is 0.00257. The van der Waals surface area contributed by atoms with Gasteiger partial charge < -0.3 is 9.84 Å². The van der Waals surface area contributed by atoms with Crippen molar-refractivity contribution in [2.75, 3.05) is 6.61 Å². The van der Waals surface area contributed by atoms with Gasteiger partial charge in [-0.25, -0.2) is 4.39 Å². The second kappa shape index (κ2) is 4.86. The zero-order chi connectivity index (χ0) is 13.3. The average molecular weight is 273 g/mol. The molecule has 0 radical (unpaired) electrons. The Labute approximate surface area is 110 Å². The molecule has 2 unspecified atom stereocenters. The van der Waals surface area contributed by atoms with Gasteiger partial charge in [-0.1, -0.05) is 23.7 Å². The lowest BCUT2D eigenvalue weighted by atomic mass is 9.76. The third kappa shape index (κ3) is 2.10. The smallest absolute Gasteiger partial charge is 0.312 e. The van der Waals surface area contributed by atoms with Gasteiger partial charge in [-0.15, -0.1) is 0 Å². The van der Waals surface area contributed by atoms with Crippen LogP contribution in [-0.4, -0.2) is 23.8 Å². The van der Waals surface area contributed by atoms with Crippen LogP contribution in [0.2, 0.25) is 5.02 Å². The molecule has 1 fully saturated rings. The molecule has 1 N–H and O–H groups in total. The van der Waals surface area contributed by atoms with Crippen molar-refractivity contribution in [2.24, 2.45) is 5.41 Å². The van der Waals surface area contributed by atoms with E-state index in [1.165, 1.54) is 12.1 Å². The molecule has 0 bridgehead atoms. The van der Waals surface area contributed by atoms with Gasteiger partial charge in [0, 0.05) is 6.61 Å². The highest BCUT2D eigenvalue weighted by Gasteiger charge is 2.48. The Hall–Kier alpha value is -1.13. The molecule has 1 saturated heterocycles. The van der Waals surface area contributed by atoms with E-state index in [2.05, 4.69) is 0 Å². The molecule has 1 aromatic rings. The summed E-state index contributed by atoms with van der Waals surface area (Å²) in [6.45, 7) is 2.13. The van der Waals surface area contributed by atoms with E-state index in [-0.39, 0.29) is 11.4 Å². The number of carboxylic acids is 1. The summed E-state index contributed by atoms with van der Waals surface area (Å²) < 4.78 is 18.7. The molecule has 0 saturated carbocycles. The Morgan fingerprint density at radius 3 is 2.94 bits per heavy atom. The van der Waals surface area contributed by atoms with Gasteiger partial charge in [0.25, 0.3) is 0 Å². The first kappa shape index (κ1) is 13.3. The third-order valence-electron chi connectivity index (χ3n) is 3.66. The monoisotopic (exact) mass is 272 g/mol. The zero-order valence-corrected chi connectivity index (χ0v) is 10.7. The van der Waals surface area contributed by atoms with Crippen molar-refractivity contribution in [1.29, 1.82) is 0 Å². The van der Waals surface area contributed by atoms with E-state index < -0.39 is 23.3 Å². The highest BCUT2D eigenvalue weighted by Crippen LogP contribution is 2.40. The summed E-state index contributed by atoms with van der Waals surface area (Å²) in [5.74, 6) is -1.45. The van der Waals surface area contributed by atoms with Crippen LogP contribution in [0.4, 0.5) is 4.39 Å².